The Balaban J connectivity index is 1.90. The standard InChI is InChI=1S/C34H37Br2N3O6/c1-8-42-27-15-20(6)25(17-24(27)19(4)5)32-38-26-14-12-11-13-23(26)33(40)39(32)37-18-22-16-28(43-9-2)31(30(36)29(22)35)45-21(7)34(41)44-10-3/h11-19,21H,8-10H2,1-7H3/t21-/m1/s1. The first-order chi connectivity index (χ1) is 21.5. The van der Waals surface area contributed by atoms with Crippen molar-refractivity contribution in [1.29, 1.82) is 0 Å². The van der Waals surface area contributed by atoms with Crippen LogP contribution in [0.3, 0.4) is 0 Å². The van der Waals surface area contributed by atoms with E-state index < -0.39 is 12.1 Å². The van der Waals surface area contributed by atoms with E-state index in [0.29, 0.717) is 55.9 Å². The molecule has 0 amide bonds. The molecule has 11 heteroatoms. The van der Waals surface area contributed by atoms with Crippen LogP contribution in [-0.2, 0) is 9.53 Å². The molecule has 0 saturated heterocycles. The number of rotatable bonds is 12. The Kier molecular flexibility index (Phi) is 11.4. The van der Waals surface area contributed by atoms with Gasteiger partial charge in [-0.15, -0.1) is 0 Å². The molecule has 0 unspecified atom stereocenters. The molecule has 45 heavy (non-hydrogen) atoms. The Morgan fingerprint density at radius 1 is 0.978 bits per heavy atom. The minimum absolute atomic E-state index is 0.174. The van der Waals surface area contributed by atoms with Crippen molar-refractivity contribution in [3.63, 3.8) is 0 Å². The molecule has 4 aromatic rings. The van der Waals surface area contributed by atoms with Crippen LogP contribution in [0, 0.1) is 6.92 Å². The van der Waals surface area contributed by atoms with Crippen LogP contribution in [-0.4, -0.2) is 47.8 Å². The van der Waals surface area contributed by atoms with Crippen molar-refractivity contribution in [2.24, 2.45) is 5.10 Å². The second-order valence-corrected chi connectivity index (χ2v) is 12.1. The number of para-hydroxylation sites is 1. The SMILES string of the molecule is CCOC(=O)[C@@H](C)Oc1c(OCC)cc(C=Nn2c(-c3cc(C(C)C)c(OCC)cc3C)nc3ccccc3c2=O)c(Br)c1Br. The van der Waals surface area contributed by atoms with E-state index in [1.54, 1.807) is 38.3 Å². The summed E-state index contributed by atoms with van der Waals surface area (Å²) in [6, 6.07) is 13.0. The van der Waals surface area contributed by atoms with Gasteiger partial charge in [-0.2, -0.15) is 9.78 Å². The van der Waals surface area contributed by atoms with Crippen molar-refractivity contribution in [2.75, 3.05) is 19.8 Å². The topological polar surface area (TPSA) is 101 Å². The minimum atomic E-state index is -0.871. The van der Waals surface area contributed by atoms with Crippen molar-refractivity contribution in [3.05, 3.63) is 78.5 Å². The largest absolute Gasteiger partial charge is 0.494 e. The lowest BCUT2D eigenvalue weighted by Gasteiger charge is -2.19. The molecule has 238 valence electrons. The van der Waals surface area contributed by atoms with Crippen LogP contribution in [0.4, 0.5) is 0 Å². The van der Waals surface area contributed by atoms with Gasteiger partial charge in [-0.1, -0.05) is 26.0 Å². The molecule has 0 aliphatic heterocycles. The van der Waals surface area contributed by atoms with E-state index in [-0.39, 0.29) is 18.1 Å². The summed E-state index contributed by atoms with van der Waals surface area (Å²) in [5, 5.41) is 5.13. The first-order valence-corrected chi connectivity index (χ1v) is 16.4. The van der Waals surface area contributed by atoms with Gasteiger partial charge >= 0.3 is 5.97 Å². The molecule has 1 atom stereocenters. The lowest BCUT2D eigenvalue weighted by Crippen LogP contribution is -2.26. The molecular weight excluding hydrogens is 706 g/mol. The zero-order valence-electron chi connectivity index (χ0n) is 26.4. The van der Waals surface area contributed by atoms with Crippen LogP contribution < -0.4 is 19.8 Å². The molecular formula is C34H37Br2N3O6. The normalized spacial score (nSPS) is 12.1. The average molecular weight is 743 g/mol. The molecule has 0 aliphatic carbocycles. The molecule has 3 aromatic carbocycles. The average Bonchev–Trinajstić information content (AvgIpc) is 3.01. The Morgan fingerprint density at radius 2 is 1.67 bits per heavy atom. The van der Waals surface area contributed by atoms with Gasteiger partial charge in [0.1, 0.15) is 5.75 Å². The molecule has 4 rings (SSSR count). The van der Waals surface area contributed by atoms with E-state index >= 15 is 0 Å². The minimum Gasteiger partial charge on any atom is -0.494 e. The predicted octanol–water partition coefficient (Wildman–Crippen LogP) is 8.03. The van der Waals surface area contributed by atoms with Gasteiger partial charge in [0.25, 0.3) is 5.56 Å². The number of halogens is 2. The monoisotopic (exact) mass is 741 g/mol. The Morgan fingerprint density at radius 3 is 2.33 bits per heavy atom. The number of hydrogen-bond acceptors (Lipinski definition) is 8. The predicted molar refractivity (Wildman–Crippen MR) is 184 cm³/mol. The quantitative estimate of drug-likeness (QED) is 0.107. The summed E-state index contributed by atoms with van der Waals surface area (Å²) in [7, 11) is 0. The van der Waals surface area contributed by atoms with Crippen LogP contribution in [0.1, 0.15) is 64.2 Å². The van der Waals surface area contributed by atoms with Gasteiger partial charge in [-0.25, -0.2) is 9.78 Å². The van der Waals surface area contributed by atoms with Gasteiger partial charge in [0, 0.05) is 15.6 Å². The molecule has 9 nitrogen and oxygen atoms in total. The summed E-state index contributed by atoms with van der Waals surface area (Å²) in [5.74, 6) is 1.61. The van der Waals surface area contributed by atoms with Crippen LogP contribution in [0.15, 0.2) is 61.3 Å². The molecule has 1 heterocycles. The van der Waals surface area contributed by atoms with Crippen molar-refractivity contribution >= 4 is 54.9 Å². The third-order valence-electron chi connectivity index (χ3n) is 6.95. The van der Waals surface area contributed by atoms with Crippen LogP contribution in [0.25, 0.3) is 22.3 Å². The smallest absolute Gasteiger partial charge is 0.347 e. The van der Waals surface area contributed by atoms with E-state index in [0.717, 1.165) is 22.4 Å². The number of aryl methyl sites for hydroxylation is 1. The Labute approximate surface area is 279 Å². The lowest BCUT2D eigenvalue weighted by molar-refractivity contribution is -0.150. The van der Waals surface area contributed by atoms with Crippen molar-refractivity contribution < 1.29 is 23.7 Å². The summed E-state index contributed by atoms with van der Waals surface area (Å²) in [4.78, 5) is 31.1. The number of carbonyl (C=O) groups excluding carboxylic acids is 1. The number of hydrogen-bond donors (Lipinski definition) is 0. The van der Waals surface area contributed by atoms with Crippen molar-refractivity contribution in [2.45, 2.75) is 60.5 Å². The van der Waals surface area contributed by atoms with Gasteiger partial charge in [0.2, 0.25) is 0 Å². The number of carbonyl (C=O) groups is 1. The molecule has 0 fully saturated rings. The summed E-state index contributed by atoms with van der Waals surface area (Å²) < 4.78 is 25.3. The van der Waals surface area contributed by atoms with Crippen molar-refractivity contribution in [1.82, 2.24) is 9.66 Å². The highest BCUT2D eigenvalue weighted by molar-refractivity contribution is 9.13. The van der Waals surface area contributed by atoms with E-state index in [2.05, 4.69) is 50.8 Å². The maximum absolute atomic E-state index is 13.9. The van der Waals surface area contributed by atoms with Crippen LogP contribution in [0.5, 0.6) is 17.2 Å². The number of fused-ring (bicyclic) bond motifs is 1. The highest BCUT2D eigenvalue weighted by Crippen LogP contribution is 2.43. The van der Waals surface area contributed by atoms with Gasteiger partial charge < -0.3 is 18.9 Å². The van der Waals surface area contributed by atoms with E-state index in [1.807, 2.05) is 45.0 Å². The fourth-order valence-corrected chi connectivity index (χ4v) is 5.67. The highest BCUT2D eigenvalue weighted by Gasteiger charge is 2.24. The number of aromatic nitrogens is 2. The summed E-state index contributed by atoms with van der Waals surface area (Å²) in [5.41, 5.74) is 3.54. The number of esters is 1. The molecule has 0 bridgehead atoms. The summed E-state index contributed by atoms with van der Waals surface area (Å²) in [6.07, 6.45) is 0.689. The number of nitrogens with zero attached hydrogens (tertiary/aromatic N) is 3. The fraction of sp³-hybridized carbons (Fsp3) is 0.353. The lowest BCUT2D eigenvalue weighted by atomic mass is 9.96. The van der Waals surface area contributed by atoms with E-state index in [1.165, 1.54) is 4.68 Å². The zero-order chi connectivity index (χ0) is 32.8. The van der Waals surface area contributed by atoms with Gasteiger partial charge in [-0.3, -0.25) is 4.79 Å². The first kappa shape index (κ1) is 34.2. The van der Waals surface area contributed by atoms with E-state index in [4.69, 9.17) is 23.9 Å². The highest BCUT2D eigenvalue weighted by atomic mass is 79.9. The van der Waals surface area contributed by atoms with Gasteiger partial charge in [0.15, 0.2) is 23.4 Å². The Hall–Kier alpha value is -3.70. The van der Waals surface area contributed by atoms with Crippen molar-refractivity contribution in [3.8, 4) is 28.6 Å². The van der Waals surface area contributed by atoms with Gasteiger partial charge in [-0.05, 0) is 114 Å². The second kappa shape index (κ2) is 15.1. The van der Waals surface area contributed by atoms with E-state index in [9.17, 15) is 9.59 Å². The molecule has 0 saturated carbocycles. The molecule has 0 N–H and O–H groups in total. The summed E-state index contributed by atoms with van der Waals surface area (Å²) >= 11 is 7.21. The zero-order valence-corrected chi connectivity index (χ0v) is 29.6. The fourth-order valence-electron chi connectivity index (χ4n) is 4.75. The molecule has 0 aliphatic rings. The molecule has 0 radical (unpaired) electrons. The van der Waals surface area contributed by atoms with Crippen LogP contribution >= 0.6 is 31.9 Å². The second-order valence-electron chi connectivity index (χ2n) is 10.5. The Bertz CT molecular complexity index is 1800. The molecule has 1 aromatic heterocycles. The maximum Gasteiger partial charge on any atom is 0.347 e. The van der Waals surface area contributed by atoms with Crippen LogP contribution in [0.2, 0.25) is 0 Å². The maximum atomic E-state index is 13.9. The number of benzene rings is 3. The number of ether oxygens (including phenoxy) is 4. The van der Waals surface area contributed by atoms with Gasteiger partial charge in [0.05, 0.1) is 41.4 Å². The third-order valence-corrected chi connectivity index (χ3v) is 9.10. The third kappa shape index (κ3) is 7.41. The first-order valence-electron chi connectivity index (χ1n) is 14.8. The summed E-state index contributed by atoms with van der Waals surface area (Å²) in [6.45, 7) is 14.4. The molecule has 0 spiro atoms.